The summed E-state index contributed by atoms with van der Waals surface area (Å²) in [5.74, 6) is 3.16. The van der Waals surface area contributed by atoms with Gasteiger partial charge in [-0.3, -0.25) is 9.59 Å². The lowest BCUT2D eigenvalue weighted by atomic mass is 9.54. The number of fused-ring (bicyclic) bond motifs is 1. The topological polar surface area (TPSA) is 64.0 Å². The lowest BCUT2D eigenvalue weighted by Crippen LogP contribution is -2.56. The number of rotatable bonds is 4. The molecule has 0 spiro atoms. The molecule has 0 atom stereocenters. The molecule has 2 aromatic rings. The van der Waals surface area contributed by atoms with Crippen LogP contribution in [0.25, 0.3) is 10.8 Å². The van der Waals surface area contributed by atoms with Gasteiger partial charge in [0.1, 0.15) is 0 Å². The molecule has 4 saturated carbocycles. The number of hydrogen-bond acceptors (Lipinski definition) is 3. The van der Waals surface area contributed by atoms with Gasteiger partial charge in [-0.15, -0.1) is 0 Å². The summed E-state index contributed by atoms with van der Waals surface area (Å²) >= 11 is 0. The normalized spacial score (nSPS) is 30.9. The van der Waals surface area contributed by atoms with Crippen LogP contribution in [-0.4, -0.2) is 21.7 Å². The van der Waals surface area contributed by atoms with Gasteiger partial charge < -0.3 is 5.32 Å². The van der Waals surface area contributed by atoms with Crippen molar-refractivity contribution >= 4 is 16.7 Å². The molecule has 28 heavy (non-hydrogen) atoms. The Balaban J connectivity index is 1.49. The summed E-state index contributed by atoms with van der Waals surface area (Å²) in [7, 11) is 0. The lowest BCUT2D eigenvalue weighted by molar-refractivity contribution is -0.0120. The molecule has 1 amide bonds. The molecule has 0 radical (unpaired) electrons. The smallest absolute Gasteiger partial charge is 0.274 e. The van der Waals surface area contributed by atoms with Gasteiger partial charge in [-0.05, 0) is 67.8 Å². The van der Waals surface area contributed by atoms with Crippen molar-refractivity contribution in [2.75, 3.05) is 0 Å². The molecule has 0 aliphatic heterocycles. The molecule has 1 N–H and O–H groups in total. The molecule has 5 nitrogen and oxygen atoms in total. The standard InChI is InChI=1S/C23H29N3O2/c1-13(2)12-26-23(28)19-6-4-3-5-18(19)21(25-26)22(27)24-20-16-8-14-7-15(10-16)11-17(20)9-14/h3-6,13-17,20H,7-12H2,1-2H3,(H,24,27). The summed E-state index contributed by atoms with van der Waals surface area (Å²) in [4.78, 5) is 26.1. The van der Waals surface area contributed by atoms with Crippen LogP contribution in [0.3, 0.4) is 0 Å². The molecular weight excluding hydrogens is 350 g/mol. The van der Waals surface area contributed by atoms with Crippen LogP contribution in [0.5, 0.6) is 0 Å². The predicted octanol–water partition coefficient (Wildman–Crippen LogP) is 3.61. The van der Waals surface area contributed by atoms with Gasteiger partial charge in [0.2, 0.25) is 0 Å². The van der Waals surface area contributed by atoms with Crippen LogP contribution in [0.2, 0.25) is 0 Å². The monoisotopic (exact) mass is 379 g/mol. The molecule has 1 aromatic heterocycles. The van der Waals surface area contributed by atoms with Crippen molar-refractivity contribution in [1.82, 2.24) is 15.1 Å². The highest BCUT2D eigenvalue weighted by atomic mass is 16.2. The number of amides is 1. The fraction of sp³-hybridized carbons (Fsp3) is 0.609. The van der Waals surface area contributed by atoms with Crippen molar-refractivity contribution in [3.63, 3.8) is 0 Å². The van der Waals surface area contributed by atoms with Gasteiger partial charge in [0, 0.05) is 18.0 Å². The second kappa shape index (κ2) is 6.71. The molecule has 4 aliphatic rings. The van der Waals surface area contributed by atoms with Gasteiger partial charge in [-0.2, -0.15) is 5.10 Å². The van der Waals surface area contributed by atoms with E-state index in [2.05, 4.69) is 24.3 Å². The number of hydrogen-bond donors (Lipinski definition) is 1. The Bertz CT molecular complexity index is 949. The fourth-order valence-electron chi connectivity index (χ4n) is 6.25. The molecule has 4 aliphatic carbocycles. The zero-order valence-electron chi connectivity index (χ0n) is 16.7. The molecule has 6 rings (SSSR count). The Morgan fingerprint density at radius 2 is 1.68 bits per heavy atom. The number of carbonyl (C=O) groups excluding carboxylic acids is 1. The second-order valence-corrected chi connectivity index (χ2v) is 9.71. The highest BCUT2D eigenvalue weighted by Crippen LogP contribution is 2.53. The Hall–Kier alpha value is -2.17. The third kappa shape index (κ3) is 2.96. The van der Waals surface area contributed by atoms with E-state index in [9.17, 15) is 9.59 Å². The van der Waals surface area contributed by atoms with E-state index in [1.54, 1.807) is 6.07 Å². The number of nitrogens with zero attached hydrogens (tertiary/aromatic N) is 2. The van der Waals surface area contributed by atoms with E-state index in [1.165, 1.54) is 36.8 Å². The van der Waals surface area contributed by atoms with Crippen LogP contribution in [0.4, 0.5) is 0 Å². The third-order valence-electron chi connectivity index (χ3n) is 7.15. The zero-order chi connectivity index (χ0) is 19.4. The van der Waals surface area contributed by atoms with E-state index in [0.717, 1.165) is 11.8 Å². The number of benzene rings is 1. The third-order valence-corrected chi connectivity index (χ3v) is 7.15. The first-order valence-corrected chi connectivity index (χ1v) is 10.8. The minimum absolute atomic E-state index is 0.115. The molecule has 4 bridgehead atoms. The summed E-state index contributed by atoms with van der Waals surface area (Å²) < 4.78 is 1.47. The average molecular weight is 380 g/mol. The SMILES string of the molecule is CC(C)Cn1nc(C(=O)NC2C3CC4CC(C3)CC2C4)c2ccccc2c1=O. The minimum Gasteiger partial charge on any atom is -0.347 e. The number of nitrogens with one attached hydrogen (secondary N) is 1. The Morgan fingerprint density at radius 3 is 2.29 bits per heavy atom. The molecule has 148 valence electrons. The molecule has 0 saturated heterocycles. The molecule has 0 unspecified atom stereocenters. The maximum Gasteiger partial charge on any atom is 0.274 e. The van der Waals surface area contributed by atoms with Crippen LogP contribution in [0, 0.1) is 29.6 Å². The van der Waals surface area contributed by atoms with E-state index in [4.69, 9.17) is 0 Å². The van der Waals surface area contributed by atoms with Crippen molar-refractivity contribution in [1.29, 1.82) is 0 Å². The first-order chi connectivity index (χ1) is 13.5. The van der Waals surface area contributed by atoms with Gasteiger partial charge in [-0.25, -0.2) is 4.68 Å². The quantitative estimate of drug-likeness (QED) is 0.883. The second-order valence-electron chi connectivity index (χ2n) is 9.71. The van der Waals surface area contributed by atoms with Crippen molar-refractivity contribution in [3.05, 3.63) is 40.3 Å². The Morgan fingerprint density at radius 1 is 1.07 bits per heavy atom. The van der Waals surface area contributed by atoms with Crippen molar-refractivity contribution < 1.29 is 4.79 Å². The maximum absolute atomic E-state index is 13.3. The van der Waals surface area contributed by atoms with Crippen LogP contribution >= 0.6 is 0 Å². The van der Waals surface area contributed by atoms with Crippen molar-refractivity contribution in [3.8, 4) is 0 Å². The summed E-state index contributed by atoms with van der Waals surface area (Å²) in [6.45, 7) is 4.62. The molecule has 4 fully saturated rings. The maximum atomic E-state index is 13.3. The molecule has 1 aromatic carbocycles. The van der Waals surface area contributed by atoms with Gasteiger partial charge in [0.05, 0.1) is 5.39 Å². The van der Waals surface area contributed by atoms with Gasteiger partial charge in [0.15, 0.2) is 5.69 Å². The predicted molar refractivity (Wildman–Crippen MR) is 109 cm³/mol. The fourth-order valence-corrected chi connectivity index (χ4v) is 6.25. The molecular formula is C23H29N3O2. The van der Waals surface area contributed by atoms with Crippen molar-refractivity contribution in [2.24, 2.45) is 29.6 Å². The summed E-state index contributed by atoms with van der Waals surface area (Å²) in [6, 6.07) is 7.63. The van der Waals surface area contributed by atoms with E-state index in [0.29, 0.717) is 34.8 Å². The first-order valence-electron chi connectivity index (χ1n) is 10.8. The highest BCUT2D eigenvalue weighted by molar-refractivity contribution is 6.04. The first kappa shape index (κ1) is 17.9. The van der Waals surface area contributed by atoms with E-state index in [-0.39, 0.29) is 23.4 Å². The summed E-state index contributed by atoms with van der Waals surface area (Å²) in [5.41, 5.74) is 0.278. The molecule has 5 heteroatoms. The van der Waals surface area contributed by atoms with Gasteiger partial charge >= 0.3 is 0 Å². The van der Waals surface area contributed by atoms with E-state index < -0.39 is 0 Å². The van der Waals surface area contributed by atoms with Crippen LogP contribution in [0.15, 0.2) is 29.1 Å². The average Bonchev–Trinajstić information content (AvgIpc) is 2.66. The van der Waals surface area contributed by atoms with Crippen LogP contribution < -0.4 is 10.9 Å². The Kier molecular flexibility index (Phi) is 4.29. The minimum atomic E-state index is -0.119. The molecule has 1 heterocycles. The summed E-state index contributed by atoms with van der Waals surface area (Å²) in [5, 5.41) is 9.11. The zero-order valence-corrected chi connectivity index (χ0v) is 16.7. The van der Waals surface area contributed by atoms with Gasteiger partial charge in [0.25, 0.3) is 11.5 Å². The van der Waals surface area contributed by atoms with E-state index >= 15 is 0 Å². The Labute approximate surface area is 165 Å². The largest absolute Gasteiger partial charge is 0.347 e. The lowest BCUT2D eigenvalue weighted by Gasteiger charge is -2.54. The van der Waals surface area contributed by atoms with Crippen LogP contribution in [-0.2, 0) is 6.54 Å². The summed E-state index contributed by atoms with van der Waals surface area (Å²) in [6.07, 6.45) is 6.45. The highest BCUT2D eigenvalue weighted by Gasteiger charge is 2.48. The van der Waals surface area contributed by atoms with Crippen LogP contribution in [0.1, 0.15) is 56.4 Å². The number of aromatic nitrogens is 2. The van der Waals surface area contributed by atoms with Gasteiger partial charge in [-0.1, -0.05) is 32.0 Å². The number of carbonyl (C=O) groups is 1. The van der Waals surface area contributed by atoms with E-state index in [1.807, 2.05) is 18.2 Å². The van der Waals surface area contributed by atoms with Crippen molar-refractivity contribution in [2.45, 2.75) is 58.5 Å².